The maximum atomic E-state index is 12.1. The van der Waals surface area contributed by atoms with Gasteiger partial charge in [-0.25, -0.2) is 4.98 Å². The molecular weight excluding hydrogens is 290 g/mol. The van der Waals surface area contributed by atoms with Crippen molar-refractivity contribution in [3.63, 3.8) is 0 Å². The van der Waals surface area contributed by atoms with Crippen molar-refractivity contribution in [2.75, 3.05) is 5.32 Å². The third kappa shape index (κ3) is 2.72. The Morgan fingerprint density at radius 2 is 2.00 bits per heavy atom. The molecule has 6 nitrogen and oxygen atoms in total. The second-order valence-corrected chi connectivity index (χ2v) is 5.28. The van der Waals surface area contributed by atoms with Crippen molar-refractivity contribution in [2.24, 2.45) is 0 Å². The topological polar surface area (TPSA) is 85.1 Å². The van der Waals surface area contributed by atoms with E-state index < -0.39 is 4.92 Å². The summed E-state index contributed by atoms with van der Waals surface area (Å²) < 4.78 is 0.918. The van der Waals surface area contributed by atoms with Crippen LogP contribution in [0.5, 0.6) is 0 Å². The van der Waals surface area contributed by atoms with E-state index in [1.165, 1.54) is 29.5 Å². The summed E-state index contributed by atoms with van der Waals surface area (Å²) in [6, 6.07) is 13.2. The van der Waals surface area contributed by atoms with Crippen molar-refractivity contribution >= 4 is 38.8 Å². The number of aromatic nitrogens is 1. The number of rotatable bonds is 3. The van der Waals surface area contributed by atoms with Gasteiger partial charge in [0.2, 0.25) is 0 Å². The number of non-ortho nitro benzene ring substituents is 1. The van der Waals surface area contributed by atoms with Gasteiger partial charge >= 0.3 is 0 Å². The van der Waals surface area contributed by atoms with Crippen LogP contribution in [0.25, 0.3) is 10.2 Å². The quantitative estimate of drug-likeness (QED) is 0.593. The molecule has 0 saturated heterocycles. The molecule has 7 heteroatoms. The molecule has 1 amide bonds. The summed E-state index contributed by atoms with van der Waals surface area (Å²) in [4.78, 5) is 26.6. The summed E-state index contributed by atoms with van der Waals surface area (Å²) in [6.07, 6.45) is 0. The fourth-order valence-corrected chi connectivity index (χ4v) is 2.71. The van der Waals surface area contributed by atoms with Gasteiger partial charge in [0, 0.05) is 17.8 Å². The molecule has 0 aliphatic carbocycles. The van der Waals surface area contributed by atoms with Crippen LogP contribution in [0, 0.1) is 10.1 Å². The van der Waals surface area contributed by atoms with Gasteiger partial charge in [-0.15, -0.1) is 11.3 Å². The maximum Gasteiger partial charge on any atom is 0.284 e. The molecule has 3 aromatic rings. The van der Waals surface area contributed by atoms with Gasteiger partial charge in [0.05, 0.1) is 15.1 Å². The Labute approximate surface area is 123 Å². The molecule has 0 unspecified atom stereocenters. The molecule has 0 radical (unpaired) electrons. The molecule has 3 rings (SSSR count). The van der Waals surface area contributed by atoms with Gasteiger partial charge in [0.25, 0.3) is 11.6 Å². The first-order valence-electron chi connectivity index (χ1n) is 6.05. The summed E-state index contributed by atoms with van der Waals surface area (Å²) in [5.41, 5.74) is 1.05. The zero-order valence-corrected chi connectivity index (χ0v) is 11.5. The summed E-state index contributed by atoms with van der Waals surface area (Å²) in [6.45, 7) is 0. The van der Waals surface area contributed by atoms with Gasteiger partial charge in [0.15, 0.2) is 5.01 Å². The van der Waals surface area contributed by atoms with Crippen molar-refractivity contribution in [1.29, 1.82) is 0 Å². The van der Waals surface area contributed by atoms with Crippen molar-refractivity contribution in [2.45, 2.75) is 0 Å². The summed E-state index contributed by atoms with van der Waals surface area (Å²) in [5.74, 6) is -0.378. The van der Waals surface area contributed by atoms with Crippen LogP contribution < -0.4 is 5.32 Å². The molecule has 21 heavy (non-hydrogen) atoms. The Balaban J connectivity index is 1.85. The van der Waals surface area contributed by atoms with Crippen LogP contribution in [0.1, 0.15) is 9.80 Å². The number of nitro benzene ring substituents is 1. The van der Waals surface area contributed by atoms with Gasteiger partial charge in [-0.3, -0.25) is 14.9 Å². The minimum atomic E-state index is -0.507. The number of hydrogen-bond acceptors (Lipinski definition) is 5. The second-order valence-electron chi connectivity index (χ2n) is 4.25. The first-order valence-corrected chi connectivity index (χ1v) is 6.86. The van der Waals surface area contributed by atoms with E-state index in [2.05, 4.69) is 10.3 Å². The third-order valence-electron chi connectivity index (χ3n) is 2.80. The lowest BCUT2D eigenvalue weighted by molar-refractivity contribution is -0.384. The monoisotopic (exact) mass is 299 g/mol. The number of carbonyl (C=O) groups excluding carboxylic acids is 1. The number of para-hydroxylation sites is 1. The van der Waals surface area contributed by atoms with E-state index in [1.807, 2.05) is 24.3 Å². The zero-order chi connectivity index (χ0) is 14.8. The fourth-order valence-electron chi connectivity index (χ4n) is 1.85. The van der Waals surface area contributed by atoms with Gasteiger partial charge in [-0.2, -0.15) is 0 Å². The van der Waals surface area contributed by atoms with E-state index in [0.717, 1.165) is 10.2 Å². The lowest BCUT2D eigenvalue weighted by Gasteiger charge is -2.02. The highest BCUT2D eigenvalue weighted by molar-refractivity contribution is 7.20. The number of nitrogens with one attached hydrogen (secondary N) is 1. The lowest BCUT2D eigenvalue weighted by atomic mass is 10.3. The highest BCUT2D eigenvalue weighted by Crippen LogP contribution is 2.23. The number of fused-ring (bicyclic) bond motifs is 1. The number of thiazole rings is 1. The minimum absolute atomic E-state index is 0.0721. The summed E-state index contributed by atoms with van der Waals surface area (Å²) in [5, 5.41) is 13.6. The molecule has 0 spiro atoms. The SMILES string of the molecule is O=C(Nc1cccc([N+](=O)[O-])c1)c1nc2ccccc2s1. The molecule has 0 aliphatic rings. The number of nitro groups is 1. The van der Waals surface area contributed by atoms with E-state index in [9.17, 15) is 14.9 Å². The number of anilines is 1. The standard InChI is InChI=1S/C14H9N3O3S/c18-13(14-16-11-6-1-2-7-12(11)21-14)15-9-4-3-5-10(8-9)17(19)20/h1-8H,(H,15,18). The summed E-state index contributed by atoms with van der Waals surface area (Å²) >= 11 is 1.28. The average molecular weight is 299 g/mol. The molecule has 1 N–H and O–H groups in total. The number of amides is 1. The van der Waals surface area contributed by atoms with Gasteiger partial charge in [-0.1, -0.05) is 18.2 Å². The smallest absolute Gasteiger partial charge is 0.284 e. The first kappa shape index (κ1) is 13.2. The Hall–Kier alpha value is -2.80. The van der Waals surface area contributed by atoms with Crippen LogP contribution in [0.4, 0.5) is 11.4 Å². The molecule has 0 atom stereocenters. The number of benzene rings is 2. The van der Waals surface area contributed by atoms with Crippen LogP contribution in [0.15, 0.2) is 48.5 Å². The van der Waals surface area contributed by atoms with E-state index in [0.29, 0.717) is 10.7 Å². The van der Waals surface area contributed by atoms with Crippen molar-refractivity contribution in [1.82, 2.24) is 4.98 Å². The van der Waals surface area contributed by atoms with Crippen LogP contribution in [-0.4, -0.2) is 15.8 Å². The number of carbonyl (C=O) groups is 1. The molecule has 2 aromatic carbocycles. The Morgan fingerprint density at radius 3 is 2.76 bits per heavy atom. The fraction of sp³-hybridized carbons (Fsp3) is 0. The Bertz CT molecular complexity index is 811. The summed E-state index contributed by atoms with van der Waals surface area (Å²) in [7, 11) is 0. The highest BCUT2D eigenvalue weighted by Gasteiger charge is 2.13. The van der Waals surface area contributed by atoms with Crippen LogP contribution in [-0.2, 0) is 0 Å². The molecule has 1 aromatic heterocycles. The van der Waals surface area contributed by atoms with Gasteiger partial charge in [0.1, 0.15) is 0 Å². The van der Waals surface area contributed by atoms with Crippen LogP contribution >= 0.6 is 11.3 Å². The van der Waals surface area contributed by atoms with Gasteiger partial charge < -0.3 is 5.32 Å². The van der Waals surface area contributed by atoms with E-state index in [4.69, 9.17) is 0 Å². The lowest BCUT2D eigenvalue weighted by Crippen LogP contribution is -2.11. The maximum absolute atomic E-state index is 12.1. The molecular formula is C14H9N3O3S. The van der Waals surface area contributed by atoms with E-state index >= 15 is 0 Å². The predicted octanol–water partition coefficient (Wildman–Crippen LogP) is 3.46. The predicted molar refractivity (Wildman–Crippen MR) is 80.7 cm³/mol. The van der Waals surface area contributed by atoms with Crippen molar-refractivity contribution < 1.29 is 9.72 Å². The molecule has 0 bridgehead atoms. The van der Waals surface area contributed by atoms with Gasteiger partial charge in [-0.05, 0) is 18.2 Å². The molecule has 0 aliphatic heterocycles. The molecule has 1 heterocycles. The molecule has 104 valence electrons. The second kappa shape index (κ2) is 5.29. The number of hydrogen-bond donors (Lipinski definition) is 1. The van der Waals surface area contributed by atoms with E-state index in [1.54, 1.807) is 6.07 Å². The third-order valence-corrected chi connectivity index (χ3v) is 3.84. The Morgan fingerprint density at radius 1 is 1.19 bits per heavy atom. The normalized spacial score (nSPS) is 10.5. The van der Waals surface area contributed by atoms with Crippen molar-refractivity contribution in [3.8, 4) is 0 Å². The van der Waals surface area contributed by atoms with Crippen LogP contribution in [0.2, 0.25) is 0 Å². The highest BCUT2D eigenvalue weighted by atomic mass is 32.1. The minimum Gasteiger partial charge on any atom is -0.320 e. The number of nitrogens with zero attached hydrogens (tertiary/aromatic N) is 2. The molecule has 0 saturated carbocycles. The largest absolute Gasteiger partial charge is 0.320 e. The van der Waals surface area contributed by atoms with Crippen LogP contribution in [0.3, 0.4) is 0 Å². The van der Waals surface area contributed by atoms with E-state index in [-0.39, 0.29) is 11.6 Å². The average Bonchev–Trinajstić information content (AvgIpc) is 2.91. The first-order chi connectivity index (χ1) is 10.1. The zero-order valence-electron chi connectivity index (χ0n) is 10.6. The molecule has 0 fully saturated rings. The van der Waals surface area contributed by atoms with Crippen molar-refractivity contribution in [3.05, 3.63) is 63.7 Å². The Kier molecular flexibility index (Phi) is 3.33.